The second-order valence-corrected chi connectivity index (χ2v) is 23.1. The van der Waals surface area contributed by atoms with Crippen LogP contribution < -0.4 is 19.6 Å². The molecule has 2 unspecified atom stereocenters. The van der Waals surface area contributed by atoms with Crippen molar-refractivity contribution in [1.29, 1.82) is 0 Å². The second kappa shape index (κ2) is 27.3. The number of carboxylic acids is 2. The first kappa shape index (κ1) is 64.0. The highest BCUT2D eigenvalue weighted by Gasteiger charge is 2.31. The van der Waals surface area contributed by atoms with E-state index in [1.807, 2.05) is 110 Å². The number of rotatable bonds is 22. The molecule has 0 saturated heterocycles. The van der Waals surface area contributed by atoms with Crippen LogP contribution in [-0.2, 0) is 28.5 Å². The zero-order valence-corrected chi connectivity index (χ0v) is 52.6. The molecule has 0 spiro atoms. The first-order chi connectivity index (χ1) is 42.8. The van der Waals surface area contributed by atoms with E-state index in [9.17, 15) is 39.0 Å². The number of esters is 4. The maximum absolute atomic E-state index is 14.6. The Balaban J connectivity index is 1.32. The fraction of sp³-hybridized carbons (Fsp3) is 0.286. The van der Waals surface area contributed by atoms with Crippen molar-refractivity contribution in [2.45, 2.75) is 65.6 Å². The van der Waals surface area contributed by atoms with E-state index >= 15 is 0 Å². The van der Waals surface area contributed by atoms with Gasteiger partial charge in [-0.05, 0) is 195 Å². The summed E-state index contributed by atoms with van der Waals surface area (Å²) in [6.07, 6.45) is -2.84. The number of anilines is 4. The third-order valence-corrected chi connectivity index (χ3v) is 16.2. The monoisotopic (exact) mass is 1220 g/mol. The smallest absolute Gasteiger partial charge is 0.338 e. The summed E-state index contributed by atoms with van der Waals surface area (Å²) in [6.45, 7) is 6.42. The predicted molar refractivity (Wildman–Crippen MR) is 349 cm³/mol. The summed E-state index contributed by atoms with van der Waals surface area (Å²) >= 11 is 0. The number of allylic oxidation sites excluding steroid dienone is 4. The molecule has 0 saturated carbocycles. The minimum absolute atomic E-state index is 0.0864. The molecule has 8 bridgehead atoms. The van der Waals surface area contributed by atoms with Crippen LogP contribution in [0.25, 0.3) is 44.4 Å². The molecule has 0 aliphatic carbocycles. The molecular weight excluding hydrogens is 1140 g/mol. The average Bonchev–Trinajstić information content (AvgIpc) is 1.63. The molecule has 0 fully saturated rings. The summed E-state index contributed by atoms with van der Waals surface area (Å²) in [6, 6.07) is 34.6. The van der Waals surface area contributed by atoms with Gasteiger partial charge in [-0.3, -0.25) is 9.59 Å². The van der Waals surface area contributed by atoms with Gasteiger partial charge in [0.15, 0.2) is 12.2 Å². The topological polar surface area (TPSA) is 250 Å². The van der Waals surface area contributed by atoms with Gasteiger partial charge in [0.05, 0.1) is 45.0 Å². The molecule has 4 N–H and O–H groups in total. The number of benzene rings is 4. The van der Waals surface area contributed by atoms with E-state index in [2.05, 4.69) is 9.97 Å². The summed E-state index contributed by atoms with van der Waals surface area (Å²) in [7, 11) is 15.1. The predicted octanol–water partition coefficient (Wildman–Crippen LogP) is 12.3. The number of aromatic amines is 2. The number of ether oxygens (including phenoxy) is 4. The molecule has 0 amide bonds. The lowest BCUT2D eigenvalue weighted by molar-refractivity contribution is -0.137. The molecule has 20 heteroatoms. The number of fused-ring (bicyclic) bond motifs is 8. The number of aliphatic carboxylic acids is 2. The lowest BCUT2D eigenvalue weighted by Crippen LogP contribution is -2.20. The van der Waals surface area contributed by atoms with E-state index in [0.717, 1.165) is 22.7 Å². The van der Waals surface area contributed by atoms with Gasteiger partial charge in [-0.15, -0.1) is 0 Å². The molecular formula is C70H74N8O12. The van der Waals surface area contributed by atoms with Crippen LogP contribution in [0, 0.1) is 13.8 Å². The van der Waals surface area contributed by atoms with E-state index in [-0.39, 0.29) is 47.9 Å². The van der Waals surface area contributed by atoms with Crippen molar-refractivity contribution in [3.63, 3.8) is 0 Å². The molecule has 90 heavy (non-hydrogen) atoms. The average molecular weight is 1220 g/mol. The van der Waals surface area contributed by atoms with Gasteiger partial charge in [-0.1, -0.05) is 0 Å². The van der Waals surface area contributed by atoms with E-state index in [4.69, 9.17) is 28.9 Å². The highest BCUT2D eigenvalue weighted by Crippen LogP contribution is 2.41. The van der Waals surface area contributed by atoms with E-state index in [1.165, 1.54) is 0 Å². The Bertz CT molecular complexity index is 4160. The van der Waals surface area contributed by atoms with Crippen molar-refractivity contribution in [3.05, 3.63) is 189 Å². The SMILES string of the molecule is CC1=C(CCC(=O)O)c2cc3nc(cc4[nH]c(cc5[nH]c(cc1n2)c(C)c5C(COC(=O)c1ccc(N(C)C)cc1)OC(=O)c1ccc(N(C)C)cc1)c(C)c4C(COC(=O)c1ccc(N(C)C)cc1)OC(=O)c1ccc(N(C)C)cc1)C(C)=C3CCC(=O)O. The number of hydrogen-bond donors (Lipinski definition) is 4. The largest absolute Gasteiger partial charge is 0.481 e. The number of nitrogens with one attached hydrogen (secondary N) is 2. The normalized spacial score (nSPS) is 12.7. The molecule has 9 rings (SSSR count). The van der Waals surface area contributed by atoms with Crippen LogP contribution in [0.1, 0.15) is 138 Å². The van der Waals surface area contributed by atoms with E-state index < -0.39 is 61.2 Å². The Kier molecular flexibility index (Phi) is 19.4. The number of aromatic nitrogens is 4. The van der Waals surface area contributed by atoms with Gasteiger partial charge in [0.25, 0.3) is 0 Å². The lowest BCUT2D eigenvalue weighted by atomic mass is 9.98. The van der Waals surface area contributed by atoms with Crippen LogP contribution in [0.3, 0.4) is 0 Å². The summed E-state index contributed by atoms with van der Waals surface area (Å²) < 4.78 is 25.2. The van der Waals surface area contributed by atoms with E-state index in [1.54, 1.807) is 115 Å². The molecule has 466 valence electrons. The zero-order valence-electron chi connectivity index (χ0n) is 52.6. The number of hydrogen-bond acceptors (Lipinski definition) is 16. The third kappa shape index (κ3) is 14.4. The van der Waals surface area contributed by atoms with Crippen LogP contribution >= 0.6 is 0 Å². The fourth-order valence-corrected chi connectivity index (χ4v) is 10.9. The number of H-pyrrole nitrogens is 2. The lowest BCUT2D eigenvalue weighted by Gasteiger charge is -2.20. The first-order valence-corrected chi connectivity index (χ1v) is 29.3. The van der Waals surface area contributed by atoms with Gasteiger partial charge in [0.1, 0.15) is 13.2 Å². The molecule has 2 aliphatic heterocycles. The van der Waals surface area contributed by atoms with E-state index in [0.29, 0.717) is 89.4 Å². The van der Waals surface area contributed by atoms with Gasteiger partial charge >= 0.3 is 35.8 Å². The maximum atomic E-state index is 14.6. The number of carbonyl (C=O) groups excluding carboxylic acids is 4. The fourth-order valence-electron chi connectivity index (χ4n) is 10.9. The molecule has 4 aromatic carbocycles. The Morgan fingerprint density at radius 2 is 0.711 bits per heavy atom. The maximum Gasteiger partial charge on any atom is 0.338 e. The van der Waals surface area contributed by atoms with Crippen LogP contribution in [0.15, 0.2) is 121 Å². The summed E-state index contributed by atoms with van der Waals surface area (Å²) in [4.78, 5) is 107. The minimum atomic E-state index is -1.30. The molecule has 5 heterocycles. The molecule has 3 aromatic heterocycles. The Hall–Kier alpha value is -10.5. The van der Waals surface area contributed by atoms with Crippen molar-refractivity contribution in [1.82, 2.24) is 19.9 Å². The van der Waals surface area contributed by atoms with Crippen molar-refractivity contribution < 1.29 is 57.9 Å². The summed E-state index contributed by atoms with van der Waals surface area (Å²) in [5, 5.41) is 20.0. The van der Waals surface area contributed by atoms with Crippen LogP contribution in [-0.4, -0.2) is 136 Å². The van der Waals surface area contributed by atoms with Crippen LogP contribution in [0.4, 0.5) is 22.7 Å². The molecule has 2 atom stereocenters. The minimum Gasteiger partial charge on any atom is -0.481 e. The number of nitrogens with zero attached hydrogens (tertiary/aromatic N) is 6. The molecule has 7 aromatic rings. The standard InChI is InChI=1S/C70H74N8O12/c1-39-51(29-31-63(79)80)57-36-58-52(30-32-64(81)82)40(2)54(72-58)34-59-66(62(90-70(86)46-19-27-50(28-20-46)78(11)12)38-88-68(84)44-15-23-48(24-16-44)76(7)8)42(4)56(74-59)35-60-65(41(3)55(73-60)33-53(39)71-57)61(89-69(85)45-17-25-49(26-18-45)77(9)10)37-87-67(83)43-13-21-47(22-14-43)75(5)6/h13-28,33-36,61-62,73-74H,29-32,37-38H2,1-12H3,(H,79,80)(H,81,82). The highest BCUT2D eigenvalue weighted by atomic mass is 16.6. The Morgan fingerprint density at radius 1 is 0.411 bits per heavy atom. The Morgan fingerprint density at radius 3 is 1.03 bits per heavy atom. The Labute approximate surface area is 522 Å². The van der Waals surface area contributed by atoms with Crippen molar-refractivity contribution >= 4 is 103 Å². The summed E-state index contributed by atoms with van der Waals surface area (Å²) in [5.74, 6) is -4.82. The van der Waals surface area contributed by atoms with Gasteiger partial charge in [-0.25, -0.2) is 29.1 Å². The van der Waals surface area contributed by atoms with Crippen LogP contribution in [0.5, 0.6) is 0 Å². The van der Waals surface area contributed by atoms with Crippen LogP contribution in [0.2, 0.25) is 0 Å². The number of carbonyl (C=O) groups is 6. The van der Waals surface area contributed by atoms with Gasteiger partial charge in [0, 0.05) is 125 Å². The van der Waals surface area contributed by atoms with Gasteiger partial charge in [0.2, 0.25) is 0 Å². The van der Waals surface area contributed by atoms with Crippen molar-refractivity contribution in [3.8, 4) is 0 Å². The quantitative estimate of drug-likeness (QED) is 0.0364. The number of aryl methyl sites for hydroxylation is 2. The summed E-state index contributed by atoms with van der Waals surface area (Å²) in [5.41, 5.74) is 12.3. The molecule has 0 radical (unpaired) electrons. The zero-order chi connectivity index (χ0) is 64.8. The molecule has 2 aliphatic rings. The van der Waals surface area contributed by atoms with Gasteiger partial charge < -0.3 is 58.7 Å². The van der Waals surface area contributed by atoms with Crippen molar-refractivity contribution in [2.75, 3.05) is 89.2 Å². The highest BCUT2D eigenvalue weighted by molar-refractivity contribution is 5.98. The first-order valence-electron chi connectivity index (χ1n) is 29.3. The van der Waals surface area contributed by atoms with Gasteiger partial charge in [-0.2, -0.15) is 0 Å². The second-order valence-electron chi connectivity index (χ2n) is 23.1. The third-order valence-electron chi connectivity index (χ3n) is 16.2. The number of carboxylic acid groups (broad SMARTS) is 2. The van der Waals surface area contributed by atoms with Crippen molar-refractivity contribution in [2.24, 2.45) is 0 Å². The molecule has 20 nitrogen and oxygen atoms in total.